The van der Waals surface area contributed by atoms with Gasteiger partial charge in [-0.15, -0.1) is 0 Å². The summed E-state index contributed by atoms with van der Waals surface area (Å²) in [6.45, 7) is 0.0654. The van der Waals surface area contributed by atoms with Gasteiger partial charge in [-0.05, 0) is 18.2 Å². The summed E-state index contributed by atoms with van der Waals surface area (Å²) in [5.41, 5.74) is 2.19. The number of hydrogen-bond acceptors (Lipinski definition) is 3. The zero-order chi connectivity index (χ0) is 10.4. The van der Waals surface area contributed by atoms with Crippen LogP contribution in [0.1, 0.15) is 18.1 Å². The Morgan fingerprint density at radius 1 is 1.53 bits per heavy atom. The number of nitrogens with one attached hydrogen (secondary N) is 1. The second kappa shape index (κ2) is 3.37. The molecule has 2 bridgehead atoms. The van der Waals surface area contributed by atoms with Crippen molar-refractivity contribution in [3.63, 3.8) is 0 Å². The topological polar surface area (TPSA) is 41.5 Å². The number of halogens is 1. The van der Waals surface area contributed by atoms with Crippen molar-refractivity contribution in [1.82, 2.24) is 0 Å². The van der Waals surface area contributed by atoms with Gasteiger partial charge in [-0.2, -0.15) is 0 Å². The predicted octanol–water partition coefficient (Wildman–Crippen LogP) is 1.96. The number of fused-ring (bicyclic) bond motifs is 4. The molecule has 80 valence electrons. The molecule has 3 atom stereocenters. The van der Waals surface area contributed by atoms with E-state index in [4.69, 9.17) is 21.4 Å². The molecule has 3 nitrogen and oxygen atoms in total. The van der Waals surface area contributed by atoms with Crippen LogP contribution in [0.5, 0.6) is 0 Å². The summed E-state index contributed by atoms with van der Waals surface area (Å²) >= 11 is 5.95. The second-order valence-corrected chi connectivity index (χ2v) is 4.50. The van der Waals surface area contributed by atoms with Gasteiger partial charge in [-0.1, -0.05) is 11.6 Å². The van der Waals surface area contributed by atoms with Gasteiger partial charge in [0, 0.05) is 22.7 Å². The number of benzene rings is 1. The van der Waals surface area contributed by atoms with Gasteiger partial charge in [0.05, 0.1) is 18.8 Å². The highest BCUT2D eigenvalue weighted by atomic mass is 35.5. The standard InChI is InChI=1S/C11H12ClNO2/c12-6-1-2-8-7(3-6)10-4-9(13-8)11(5-14)15-10/h1-3,9-11,13-14H,4-5H2/t9-,10-,11-/m1/s1. The molecule has 15 heavy (non-hydrogen) atoms. The van der Waals surface area contributed by atoms with Crippen LogP contribution in [0, 0.1) is 0 Å². The largest absolute Gasteiger partial charge is 0.394 e. The molecule has 3 rings (SSSR count). The van der Waals surface area contributed by atoms with E-state index in [1.54, 1.807) is 0 Å². The first-order chi connectivity index (χ1) is 7.28. The first-order valence-corrected chi connectivity index (χ1v) is 5.48. The van der Waals surface area contributed by atoms with E-state index >= 15 is 0 Å². The summed E-state index contributed by atoms with van der Waals surface area (Å²) in [5.74, 6) is 0. The highest BCUT2D eigenvalue weighted by Gasteiger charge is 2.40. The fraction of sp³-hybridized carbons (Fsp3) is 0.455. The lowest BCUT2D eigenvalue weighted by Gasteiger charge is -2.23. The minimum absolute atomic E-state index is 0.0654. The van der Waals surface area contributed by atoms with Gasteiger partial charge in [-0.25, -0.2) is 0 Å². The van der Waals surface area contributed by atoms with Crippen molar-refractivity contribution in [1.29, 1.82) is 0 Å². The Bertz CT molecular complexity index is 396. The third-order valence-corrected chi connectivity index (χ3v) is 3.37. The number of ether oxygens (including phenoxy) is 1. The molecule has 2 heterocycles. The molecular formula is C11H12ClNO2. The van der Waals surface area contributed by atoms with Gasteiger partial charge in [0.15, 0.2) is 0 Å². The van der Waals surface area contributed by atoms with Gasteiger partial charge in [0.25, 0.3) is 0 Å². The van der Waals surface area contributed by atoms with Crippen LogP contribution < -0.4 is 5.32 Å². The average Bonchev–Trinajstić information content (AvgIpc) is 2.58. The maximum Gasteiger partial charge on any atom is 0.101 e. The van der Waals surface area contributed by atoms with E-state index in [1.807, 2.05) is 18.2 Å². The molecule has 2 N–H and O–H groups in total. The lowest BCUT2D eigenvalue weighted by Crippen LogP contribution is -2.32. The quantitative estimate of drug-likeness (QED) is 0.768. The normalized spacial score (nSPS) is 32.3. The molecule has 4 heteroatoms. The summed E-state index contributed by atoms with van der Waals surface area (Å²) in [7, 11) is 0. The second-order valence-electron chi connectivity index (χ2n) is 4.06. The first-order valence-electron chi connectivity index (χ1n) is 5.10. The molecule has 0 spiro atoms. The van der Waals surface area contributed by atoms with Crippen molar-refractivity contribution < 1.29 is 9.84 Å². The maximum absolute atomic E-state index is 9.16. The Balaban J connectivity index is 2.00. The molecular weight excluding hydrogens is 214 g/mol. The molecule has 2 aliphatic heterocycles. The Kier molecular flexibility index (Phi) is 2.12. The Morgan fingerprint density at radius 3 is 3.20 bits per heavy atom. The number of aliphatic hydroxyl groups excluding tert-OH is 1. The number of hydrogen-bond donors (Lipinski definition) is 2. The number of anilines is 1. The number of rotatable bonds is 1. The lowest BCUT2D eigenvalue weighted by atomic mass is 9.96. The summed E-state index contributed by atoms with van der Waals surface area (Å²) in [4.78, 5) is 0. The van der Waals surface area contributed by atoms with Crippen LogP contribution in [0.25, 0.3) is 0 Å². The highest BCUT2D eigenvalue weighted by Crippen LogP contribution is 2.43. The van der Waals surface area contributed by atoms with Crippen LogP contribution in [-0.2, 0) is 4.74 Å². The molecule has 1 fully saturated rings. The Hall–Kier alpha value is -0.770. The molecule has 0 unspecified atom stereocenters. The molecule has 1 saturated heterocycles. The fourth-order valence-corrected chi connectivity index (χ4v) is 2.58. The van der Waals surface area contributed by atoms with Crippen molar-refractivity contribution in [2.75, 3.05) is 11.9 Å². The lowest BCUT2D eigenvalue weighted by molar-refractivity contribution is 0.0113. The van der Waals surface area contributed by atoms with Crippen LogP contribution in [0.15, 0.2) is 18.2 Å². The summed E-state index contributed by atoms with van der Waals surface area (Å²) < 4.78 is 5.74. The minimum Gasteiger partial charge on any atom is -0.394 e. The first kappa shape index (κ1) is 9.46. The third-order valence-electron chi connectivity index (χ3n) is 3.14. The minimum atomic E-state index is -0.0961. The van der Waals surface area contributed by atoms with Gasteiger partial charge in [-0.3, -0.25) is 0 Å². The smallest absolute Gasteiger partial charge is 0.101 e. The van der Waals surface area contributed by atoms with E-state index in [2.05, 4.69) is 5.32 Å². The van der Waals surface area contributed by atoms with Gasteiger partial charge >= 0.3 is 0 Å². The van der Waals surface area contributed by atoms with Gasteiger partial charge < -0.3 is 15.2 Å². The van der Waals surface area contributed by atoms with Crippen LogP contribution >= 0.6 is 11.6 Å². The van der Waals surface area contributed by atoms with Crippen molar-refractivity contribution in [3.8, 4) is 0 Å². The Morgan fingerprint density at radius 2 is 2.40 bits per heavy atom. The summed E-state index contributed by atoms with van der Waals surface area (Å²) in [6.07, 6.45) is 0.904. The average molecular weight is 226 g/mol. The predicted molar refractivity (Wildman–Crippen MR) is 58.2 cm³/mol. The zero-order valence-electron chi connectivity index (χ0n) is 8.11. The van der Waals surface area contributed by atoms with E-state index < -0.39 is 0 Å². The molecule has 1 aromatic carbocycles. The molecule has 0 amide bonds. The van der Waals surface area contributed by atoms with Crippen molar-refractivity contribution in [3.05, 3.63) is 28.8 Å². The maximum atomic E-state index is 9.16. The third kappa shape index (κ3) is 1.42. The van der Waals surface area contributed by atoms with Crippen molar-refractivity contribution in [2.24, 2.45) is 0 Å². The van der Waals surface area contributed by atoms with E-state index in [-0.39, 0.29) is 24.9 Å². The zero-order valence-corrected chi connectivity index (χ0v) is 8.87. The molecule has 0 aromatic heterocycles. The fourth-order valence-electron chi connectivity index (χ4n) is 2.40. The Labute approximate surface area is 93.0 Å². The molecule has 1 aromatic rings. The molecule has 2 aliphatic rings. The van der Waals surface area contributed by atoms with E-state index in [1.165, 1.54) is 0 Å². The monoisotopic (exact) mass is 225 g/mol. The molecule has 0 aliphatic carbocycles. The van der Waals surface area contributed by atoms with Crippen LogP contribution in [0.2, 0.25) is 5.02 Å². The molecule has 0 radical (unpaired) electrons. The SMILES string of the molecule is OC[C@H]1O[C@@H]2C[C@H]1Nc1ccc(Cl)cc12. The van der Waals surface area contributed by atoms with Gasteiger partial charge in [0.2, 0.25) is 0 Å². The molecule has 0 saturated carbocycles. The summed E-state index contributed by atoms with van der Waals surface area (Å²) in [6, 6.07) is 6.00. The van der Waals surface area contributed by atoms with E-state index in [0.717, 1.165) is 22.7 Å². The van der Waals surface area contributed by atoms with Crippen LogP contribution in [-0.4, -0.2) is 23.9 Å². The highest BCUT2D eigenvalue weighted by molar-refractivity contribution is 6.30. The number of aliphatic hydroxyl groups is 1. The van der Waals surface area contributed by atoms with Crippen LogP contribution in [0.3, 0.4) is 0 Å². The summed E-state index contributed by atoms with van der Waals surface area (Å²) in [5, 5.41) is 13.3. The van der Waals surface area contributed by atoms with Crippen LogP contribution in [0.4, 0.5) is 5.69 Å². The van der Waals surface area contributed by atoms with Crippen molar-refractivity contribution >= 4 is 17.3 Å². The van der Waals surface area contributed by atoms with Crippen molar-refractivity contribution in [2.45, 2.75) is 24.7 Å². The van der Waals surface area contributed by atoms with Gasteiger partial charge in [0.1, 0.15) is 6.10 Å². The van der Waals surface area contributed by atoms with E-state index in [9.17, 15) is 0 Å². The van der Waals surface area contributed by atoms with E-state index in [0.29, 0.717) is 0 Å².